The SMILES string of the molecule is C[C@H](NC(=O)C1CCN(Cc2ccc(Cl)cc2)CC1)c1ccc2c(c1)OCCO2. The Bertz CT molecular complexity index is 848. The van der Waals surface area contributed by atoms with Crippen molar-refractivity contribution in [1.82, 2.24) is 10.2 Å². The van der Waals surface area contributed by atoms with E-state index in [2.05, 4.69) is 22.3 Å². The lowest BCUT2D eigenvalue weighted by molar-refractivity contribution is -0.127. The van der Waals surface area contributed by atoms with Gasteiger partial charge < -0.3 is 14.8 Å². The summed E-state index contributed by atoms with van der Waals surface area (Å²) in [6, 6.07) is 13.8. The van der Waals surface area contributed by atoms with Crippen molar-refractivity contribution < 1.29 is 14.3 Å². The van der Waals surface area contributed by atoms with Crippen LogP contribution in [0.2, 0.25) is 5.02 Å². The molecular formula is C23H27ClN2O3. The standard InChI is InChI=1S/C23H27ClN2O3/c1-16(19-4-7-21-22(14-19)29-13-12-28-21)25-23(27)18-8-10-26(11-9-18)15-17-2-5-20(24)6-3-17/h2-7,14,16,18H,8-13,15H2,1H3,(H,25,27)/t16-/m0/s1. The summed E-state index contributed by atoms with van der Waals surface area (Å²) in [6.45, 7) is 5.91. The van der Waals surface area contributed by atoms with Gasteiger partial charge in [0.1, 0.15) is 13.2 Å². The number of carbonyl (C=O) groups excluding carboxylic acids is 1. The van der Waals surface area contributed by atoms with Gasteiger partial charge in [-0.1, -0.05) is 29.8 Å². The van der Waals surface area contributed by atoms with Crippen molar-refractivity contribution in [3.63, 3.8) is 0 Å². The molecule has 2 aromatic rings. The number of nitrogens with zero attached hydrogens (tertiary/aromatic N) is 1. The van der Waals surface area contributed by atoms with Crippen molar-refractivity contribution in [1.29, 1.82) is 0 Å². The number of nitrogens with one attached hydrogen (secondary N) is 1. The maximum absolute atomic E-state index is 12.8. The van der Waals surface area contributed by atoms with E-state index in [1.54, 1.807) is 0 Å². The summed E-state index contributed by atoms with van der Waals surface area (Å²) in [6.07, 6.45) is 1.76. The Morgan fingerprint density at radius 3 is 2.52 bits per heavy atom. The maximum atomic E-state index is 12.8. The summed E-state index contributed by atoms with van der Waals surface area (Å²) in [5, 5.41) is 3.94. The highest BCUT2D eigenvalue weighted by Gasteiger charge is 2.26. The molecule has 0 spiro atoms. The maximum Gasteiger partial charge on any atom is 0.223 e. The largest absolute Gasteiger partial charge is 0.486 e. The van der Waals surface area contributed by atoms with Gasteiger partial charge in [0.25, 0.3) is 0 Å². The molecule has 4 rings (SSSR count). The topological polar surface area (TPSA) is 50.8 Å². The van der Waals surface area contributed by atoms with Crippen molar-refractivity contribution in [2.45, 2.75) is 32.4 Å². The minimum atomic E-state index is -0.0644. The van der Waals surface area contributed by atoms with E-state index in [0.717, 1.165) is 54.6 Å². The van der Waals surface area contributed by atoms with Crippen molar-refractivity contribution in [2.24, 2.45) is 5.92 Å². The summed E-state index contributed by atoms with van der Waals surface area (Å²) in [5.74, 6) is 1.73. The van der Waals surface area contributed by atoms with Crippen LogP contribution in [-0.2, 0) is 11.3 Å². The first kappa shape index (κ1) is 20.0. The zero-order valence-electron chi connectivity index (χ0n) is 16.7. The Morgan fingerprint density at radius 2 is 1.79 bits per heavy atom. The van der Waals surface area contributed by atoms with Crippen LogP contribution in [0.1, 0.15) is 36.9 Å². The minimum Gasteiger partial charge on any atom is -0.486 e. The second-order valence-electron chi connectivity index (χ2n) is 7.81. The Morgan fingerprint density at radius 1 is 1.10 bits per heavy atom. The highest BCUT2D eigenvalue weighted by atomic mass is 35.5. The second kappa shape index (κ2) is 9.06. The van der Waals surface area contributed by atoms with Gasteiger partial charge in [-0.3, -0.25) is 9.69 Å². The van der Waals surface area contributed by atoms with E-state index >= 15 is 0 Å². The average Bonchev–Trinajstić information content (AvgIpc) is 2.75. The average molecular weight is 415 g/mol. The van der Waals surface area contributed by atoms with Gasteiger partial charge in [-0.05, 0) is 68.2 Å². The molecule has 1 saturated heterocycles. The minimum absolute atomic E-state index is 0.0644. The van der Waals surface area contributed by atoms with Crippen molar-refractivity contribution in [3.05, 3.63) is 58.6 Å². The summed E-state index contributed by atoms with van der Waals surface area (Å²) in [7, 11) is 0. The van der Waals surface area contributed by atoms with Gasteiger partial charge in [0.05, 0.1) is 6.04 Å². The van der Waals surface area contributed by atoms with E-state index in [9.17, 15) is 4.79 Å². The molecule has 0 radical (unpaired) electrons. The highest BCUT2D eigenvalue weighted by molar-refractivity contribution is 6.30. The lowest BCUT2D eigenvalue weighted by atomic mass is 9.94. The number of fused-ring (bicyclic) bond motifs is 1. The molecule has 0 saturated carbocycles. The van der Waals surface area contributed by atoms with Crippen LogP contribution in [0.3, 0.4) is 0 Å². The molecule has 1 atom stereocenters. The predicted molar refractivity (Wildman–Crippen MR) is 113 cm³/mol. The van der Waals surface area contributed by atoms with Crippen molar-refractivity contribution in [2.75, 3.05) is 26.3 Å². The number of carbonyl (C=O) groups is 1. The summed E-state index contributed by atoms with van der Waals surface area (Å²) < 4.78 is 11.2. The fraction of sp³-hybridized carbons (Fsp3) is 0.435. The number of benzene rings is 2. The van der Waals surface area contributed by atoms with Gasteiger partial charge in [-0.25, -0.2) is 0 Å². The lowest BCUT2D eigenvalue weighted by Gasteiger charge is -2.32. The zero-order valence-corrected chi connectivity index (χ0v) is 17.5. The zero-order chi connectivity index (χ0) is 20.2. The molecule has 2 aromatic carbocycles. The van der Waals surface area contributed by atoms with Crippen LogP contribution in [0.5, 0.6) is 11.5 Å². The van der Waals surface area contributed by atoms with Gasteiger partial charge in [0, 0.05) is 17.5 Å². The molecule has 2 aliphatic heterocycles. The first-order valence-electron chi connectivity index (χ1n) is 10.3. The fourth-order valence-corrected chi connectivity index (χ4v) is 4.07. The van der Waals surface area contributed by atoms with E-state index in [-0.39, 0.29) is 17.9 Å². The van der Waals surface area contributed by atoms with Crippen LogP contribution in [0.4, 0.5) is 0 Å². The molecule has 6 heteroatoms. The third-order valence-corrected chi connectivity index (χ3v) is 5.95. The predicted octanol–water partition coefficient (Wildman–Crippen LogP) is 4.20. The Balaban J connectivity index is 1.27. The molecule has 29 heavy (non-hydrogen) atoms. The molecule has 2 aliphatic rings. The number of hydrogen-bond donors (Lipinski definition) is 1. The normalized spacial score (nSPS) is 18.3. The Hall–Kier alpha value is -2.24. The lowest BCUT2D eigenvalue weighted by Crippen LogP contribution is -2.40. The van der Waals surface area contributed by atoms with E-state index < -0.39 is 0 Å². The van der Waals surface area contributed by atoms with Crippen molar-refractivity contribution >= 4 is 17.5 Å². The van der Waals surface area contributed by atoms with Gasteiger partial charge in [0.15, 0.2) is 11.5 Å². The molecule has 0 unspecified atom stereocenters. The first-order valence-corrected chi connectivity index (χ1v) is 10.6. The molecule has 1 fully saturated rings. The molecule has 0 bridgehead atoms. The fourth-order valence-electron chi connectivity index (χ4n) is 3.95. The summed E-state index contributed by atoms with van der Waals surface area (Å²) in [5.41, 5.74) is 2.28. The van der Waals surface area contributed by atoms with E-state index in [0.29, 0.717) is 13.2 Å². The van der Waals surface area contributed by atoms with Crippen LogP contribution in [0.15, 0.2) is 42.5 Å². The molecule has 0 aromatic heterocycles. The quantitative estimate of drug-likeness (QED) is 0.796. The highest BCUT2D eigenvalue weighted by Crippen LogP contribution is 2.32. The van der Waals surface area contributed by atoms with E-state index in [4.69, 9.17) is 21.1 Å². The molecule has 154 valence electrons. The van der Waals surface area contributed by atoms with E-state index in [1.165, 1.54) is 5.56 Å². The van der Waals surface area contributed by atoms with Crippen LogP contribution >= 0.6 is 11.6 Å². The monoisotopic (exact) mass is 414 g/mol. The molecule has 2 heterocycles. The number of hydrogen-bond acceptors (Lipinski definition) is 4. The van der Waals surface area contributed by atoms with E-state index in [1.807, 2.05) is 37.3 Å². The smallest absolute Gasteiger partial charge is 0.223 e. The molecule has 1 amide bonds. The third kappa shape index (κ3) is 5.03. The third-order valence-electron chi connectivity index (χ3n) is 5.70. The molecule has 5 nitrogen and oxygen atoms in total. The number of likely N-dealkylation sites (tertiary alicyclic amines) is 1. The first-order chi connectivity index (χ1) is 14.1. The number of piperidine rings is 1. The number of rotatable bonds is 5. The Labute approximate surface area is 176 Å². The van der Waals surface area contributed by atoms with Gasteiger partial charge in [0.2, 0.25) is 5.91 Å². The summed E-state index contributed by atoms with van der Waals surface area (Å²) >= 11 is 5.96. The number of ether oxygens (including phenoxy) is 2. The summed E-state index contributed by atoms with van der Waals surface area (Å²) in [4.78, 5) is 15.2. The molecule has 1 N–H and O–H groups in total. The second-order valence-corrected chi connectivity index (χ2v) is 8.25. The van der Waals surface area contributed by atoms with Crippen LogP contribution in [0, 0.1) is 5.92 Å². The van der Waals surface area contributed by atoms with Crippen molar-refractivity contribution in [3.8, 4) is 11.5 Å². The van der Waals surface area contributed by atoms with Gasteiger partial charge >= 0.3 is 0 Å². The molecular weight excluding hydrogens is 388 g/mol. The van der Waals surface area contributed by atoms with Crippen LogP contribution in [0.25, 0.3) is 0 Å². The Kier molecular flexibility index (Phi) is 6.26. The molecule has 0 aliphatic carbocycles. The number of amides is 1. The van der Waals surface area contributed by atoms with Crippen LogP contribution < -0.4 is 14.8 Å². The van der Waals surface area contributed by atoms with Gasteiger partial charge in [-0.2, -0.15) is 0 Å². The number of halogens is 1. The van der Waals surface area contributed by atoms with Gasteiger partial charge in [-0.15, -0.1) is 0 Å². The van der Waals surface area contributed by atoms with Crippen LogP contribution in [-0.4, -0.2) is 37.1 Å².